The van der Waals surface area contributed by atoms with Crippen molar-refractivity contribution in [2.45, 2.75) is 13.0 Å². The second-order valence-electron chi connectivity index (χ2n) is 2.10. The van der Waals surface area contributed by atoms with Crippen molar-refractivity contribution in [3.63, 3.8) is 0 Å². The molecule has 0 radical (unpaired) electrons. The van der Waals surface area contributed by atoms with Gasteiger partial charge in [0.05, 0.1) is 0 Å². The van der Waals surface area contributed by atoms with Crippen LogP contribution in [0.25, 0.3) is 0 Å². The lowest BCUT2D eigenvalue weighted by Crippen LogP contribution is -1.98. The molecular weight excluding hydrogens is 186 g/mol. The molecule has 5 heteroatoms. The molecule has 0 aromatic carbocycles. The van der Waals surface area contributed by atoms with Crippen LogP contribution >= 0.6 is 12.4 Å². The number of rotatable bonds is 2. The van der Waals surface area contributed by atoms with E-state index in [1.807, 2.05) is 0 Å². The van der Waals surface area contributed by atoms with Crippen LogP contribution in [0.5, 0.6) is 0 Å². The van der Waals surface area contributed by atoms with Crippen molar-refractivity contribution >= 4 is 12.4 Å². The zero-order valence-electron chi connectivity index (χ0n) is 6.21. The Morgan fingerprint density at radius 2 is 2.08 bits per heavy atom. The van der Waals surface area contributed by atoms with Crippen LogP contribution < -0.4 is 5.73 Å². The summed E-state index contributed by atoms with van der Waals surface area (Å²) in [7, 11) is 0. The summed E-state index contributed by atoms with van der Waals surface area (Å²) in [5.74, 6) is 0. The molecule has 1 aromatic heterocycles. The third kappa shape index (κ3) is 2.71. The van der Waals surface area contributed by atoms with E-state index in [-0.39, 0.29) is 18.1 Å². The van der Waals surface area contributed by atoms with Gasteiger partial charge in [0, 0.05) is 12.7 Å². The SMILES string of the molecule is Cl.NCc1ccc(C(F)F)nc1. The van der Waals surface area contributed by atoms with Crippen LogP contribution in [0.4, 0.5) is 8.78 Å². The van der Waals surface area contributed by atoms with E-state index in [2.05, 4.69) is 4.98 Å². The Morgan fingerprint density at radius 3 is 2.42 bits per heavy atom. The average Bonchev–Trinajstić information content (AvgIpc) is 2.05. The number of alkyl halides is 2. The first-order valence-corrected chi connectivity index (χ1v) is 3.17. The van der Waals surface area contributed by atoms with E-state index in [0.717, 1.165) is 5.56 Å². The van der Waals surface area contributed by atoms with Crippen molar-refractivity contribution in [3.8, 4) is 0 Å². The van der Waals surface area contributed by atoms with Gasteiger partial charge in [-0.2, -0.15) is 0 Å². The van der Waals surface area contributed by atoms with Crippen molar-refractivity contribution < 1.29 is 8.78 Å². The quantitative estimate of drug-likeness (QED) is 0.781. The summed E-state index contributed by atoms with van der Waals surface area (Å²) in [4.78, 5) is 3.52. The fraction of sp³-hybridized carbons (Fsp3) is 0.286. The van der Waals surface area contributed by atoms with Gasteiger partial charge < -0.3 is 5.73 Å². The van der Waals surface area contributed by atoms with Gasteiger partial charge in [-0.25, -0.2) is 8.78 Å². The van der Waals surface area contributed by atoms with Gasteiger partial charge in [-0.3, -0.25) is 4.98 Å². The molecule has 0 fully saturated rings. The van der Waals surface area contributed by atoms with Crippen LogP contribution in [0.2, 0.25) is 0 Å². The highest BCUT2D eigenvalue weighted by atomic mass is 35.5. The fourth-order valence-electron chi connectivity index (χ4n) is 0.686. The first kappa shape index (κ1) is 11.3. The summed E-state index contributed by atoms with van der Waals surface area (Å²) in [6.45, 7) is 0.330. The maximum Gasteiger partial charge on any atom is 0.280 e. The van der Waals surface area contributed by atoms with E-state index in [4.69, 9.17) is 5.73 Å². The first-order chi connectivity index (χ1) is 5.24. The summed E-state index contributed by atoms with van der Waals surface area (Å²) in [6, 6.07) is 2.83. The first-order valence-electron chi connectivity index (χ1n) is 3.17. The van der Waals surface area contributed by atoms with Crippen LogP contribution in [0, 0.1) is 0 Å². The number of hydrogen-bond acceptors (Lipinski definition) is 2. The summed E-state index contributed by atoms with van der Waals surface area (Å²) >= 11 is 0. The molecular formula is C7H9ClF2N2. The summed E-state index contributed by atoms with van der Waals surface area (Å²) < 4.78 is 23.8. The predicted octanol–water partition coefficient (Wildman–Crippen LogP) is 1.90. The fourth-order valence-corrected chi connectivity index (χ4v) is 0.686. The number of halogens is 3. The lowest BCUT2D eigenvalue weighted by Gasteiger charge is -1.98. The third-order valence-electron chi connectivity index (χ3n) is 1.31. The smallest absolute Gasteiger partial charge is 0.280 e. The molecule has 1 rings (SSSR count). The number of nitrogens with two attached hydrogens (primary N) is 1. The molecule has 1 aromatic rings. The molecule has 0 saturated heterocycles. The van der Waals surface area contributed by atoms with Crippen LogP contribution in [-0.4, -0.2) is 4.98 Å². The van der Waals surface area contributed by atoms with Crippen molar-refractivity contribution in [1.82, 2.24) is 4.98 Å². The predicted molar refractivity (Wildman–Crippen MR) is 44.3 cm³/mol. The van der Waals surface area contributed by atoms with Gasteiger partial charge in [-0.1, -0.05) is 6.07 Å². The average molecular weight is 195 g/mol. The summed E-state index contributed by atoms with van der Waals surface area (Å²) in [6.07, 6.45) is -1.14. The maximum absolute atomic E-state index is 11.9. The topological polar surface area (TPSA) is 38.9 Å². The molecule has 0 bridgehead atoms. The molecule has 0 atom stereocenters. The monoisotopic (exact) mass is 194 g/mol. The van der Waals surface area contributed by atoms with Crippen LogP contribution in [-0.2, 0) is 6.54 Å². The van der Waals surface area contributed by atoms with Crippen LogP contribution in [0.3, 0.4) is 0 Å². The van der Waals surface area contributed by atoms with E-state index in [1.165, 1.54) is 12.3 Å². The Morgan fingerprint density at radius 1 is 1.42 bits per heavy atom. The van der Waals surface area contributed by atoms with Crippen molar-refractivity contribution in [2.75, 3.05) is 0 Å². The molecule has 68 valence electrons. The van der Waals surface area contributed by atoms with E-state index >= 15 is 0 Å². The molecule has 2 nitrogen and oxygen atoms in total. The standard InChI is InChI=1S/C7H8F2N2.ClH/c8-7(9)6-2-1-5(3-10)4-11-6;/h1-2,4,7H,3,10H2;1H. The van der Waals surface area contributed by atoms with Crippen LogP contribution in [0.15, 0.2) is 18.3 Å². The molecule has 0 saturated carbocycles. The molecule has 0 amide bonds. The van der Waals surface area contributed by atoms with Gasteiger partial charge in [0.1, 0.15) is 5.69 Å². The highest BCUT2D eigenvalue weighted by Crippen LogP contribution is 2.15. The Kier molecular flexibility index (Phi) is 4.70. The van der Waals surface area contributed by atoms with E-state index in [0.29, 0.717) is 6.54 Å². The Hall–Kier alpha value is -0.740. The number of nitrogens with zero attached hydrogens (tertiary/aromatic N) is 1. The zero-order chi connectivity index (χ0) is 8.27. The van der Waals surface area contributed by atoms with Crippen molar-refractivity contribution in [3.05, 3.63) is 29.6 Å². The van der Waals surface area contributed by atoms with Gasteiger partial charge in [0.25, 0.3) is 6.43 Å². The number of hydrogen-bond donors (Lipinski definition) is 1. The molecule has 0 spiro atoms. The van der Waals surface area contributed by atoms with Crippen LogP contribution in [0.1, 0.15) is 17.7 Å². The molecule has 12 heavy (non-hydrogen) atoms. The maximum atomic E-state index is 11.9. The van der Waals surface area contributed by atoms with Crippen molar-refractivity contribution in [2.24, 2.45) is 5.73 Å². The molecule has 0 aliphatic carbocycles. The Balaban J connectivity index is 0.00000121. The van der Waals surface area contributed by atoms with Crippen molar-refractivity contribution in [1.29, 1.82) is 0 Å². The highest BCUT2D eigenvalue weighted by molar-refractivity contribution is 5.85. The minimum absolute atomic E-state index is 0. The van der Waals surface area contributed by atoms with E-state index in [1.54, 1.807) is 6.07 Å². The zero-order valence-corrected chi connectivity index (χ0v) is 7.02. The number of pyridine rings is 1. The number of aromatic nitrogens is 1. The summed E-state index contributed by atoms with van der Waals surface area (Å²) in [5.41, 5.74) is 5.80. The van der Waals surface area contributed by atoms with E-state index in [9.17, 15) is 8.78 Å². The minimum atomic E-state index is -2.50. The minimum Gasteiger partial charge on any atom is -0.326 e. The van der Waals surface area contributed by atoms with Gasteiger partial charge in [-0.15, -0.1) is 12.4 Å². The van der Waals surface area contributed by atoms with Gasteiger partial charge >= 0.3 is 0 Å². The second-order valence-corrected chi connectivity index (χ2v) is 2.10. The third-order valence-corrected chi connectivity index (χ3v) is 1.31. The lowest BCUT2D eigenvalue weighted by atomic mass is 10.2. The molecule has 0 aliphatic heterocycles. The molecule has 0 unspecified atom stereocenters. The normalized spacial score (nSPS) is 9.67. The lowest BCUT2D eigenvalue weighted by molar-refractivity contribution is 0.146. The largest absolute Gasteiger partial charge is 0.326 e. The molecule has 0 aliphatic rings. The van der Waals surface area contributed by atoms with Gasteiger partial charge in [-0.05, 0) is 11.6 Å². The van der Waals surface area contributed by atoms with Gasteiger partial charge in [0.15, 0.2) is 0 Å². The second kappa shape index (κ2) is 5.00. The summed E-state index contributed by atoms with van der Waals surface area (Å²) in [5, 5.41) is 0. The Labute approximate surface area is 75.2 Å². The Bertz CT molecular complexity index is 225. The van der Waals surface area contributed by atoms with Gasteiger partial charge in [0.2, 0.25) is 0 Å². The molecule has 2 N–H and O–H groups in total. The van der Waals surface area contributed by atoms with E-state index < -0.39 is 6.43 Å². The molecule has 1 heterocycles. The highest BCUT2D eigenvalue weighted by Gasteiger charge is 2.06.